The van der Waals surface area contributed by atoms with E-state index in [0.717, 1.165) is 11.3 Å². The van der Waals surface area contributed by atoms with Gasteiger partial charge in [-0.3, -0.25) is 15.0 Å². The lowest BCUT2D eigenvalue weighted by molar-refractivity contribution is 0.0927. The summed E-state index contributed by atoms with van der Waals surface area (Å²) in [6.07, 6.45) is 1.68. The van der Waals surface area contributed by atoms with Crippen LogP contribution in [0.25, 0.3) is 0 Å². The quantitative estimate of drug-likeness (QED) is 0.478. The van der Waals surface area contributed by atoms with Gasteiger partial charge < -0.3 is 10.1 Å². The molecule has 0 spiro atoms. The number of hydrogen-bond donors (Lipinski definition) is 3. The summed E-state index contributed by atoms with van der Waals surface area (Å²) in [5.41, 5.74) is 7.43. The summed E-state index contributed by atoms with van der Waals surface area (Å²) in [5.74, 6) is 0.297. The highest BCUT2D eigenvalue weighted by molar-refractivity contribution is 5.97. The third-order valence-corrected chi connectivity index (χ3v) is 3.56. The molecule has 2 aromatic rings. The second-order valence-electron chi connectivity index (χ2n) is 5.45. The van der Waals surface area contributed by atoms with E-state index < -0.39 is 0 Å². The van der Waals surface area contributed by atoms with E-state index in [0.29, 0.717) is 30.8 Å². The van der Waals surface area contributed by atoms with Gasteiger partial charge in [0.1, 0.15) is 12.4 Å². The fourth-order valence-electron chi connectivity index (χ4n) is 2.27. The number of hydrazine groups is 1. The minimum Gasteiger partial charge on any atom is -0.489 e. The van der Waals surface area contributed by atoms with Crippen molar-refractivity contribution in [2.24, 2.45) is 0 Å². The zero-order valence-electron chi connectivity index (χ0n) is 14.7. The lowest BCUT2D eigenvalue weighted by Gasteiger charge is -2.12. The van der Waals surface area contributed by atoms with E-state index in [1.54, 1.807) is 30.3 Å². The van der Waals surface area contributed by atoms with Crippen molar-refractivity contribution in [3.63, 3.8) is 0 Å². The van der Waals surface area contributed by atoms with Gasteiger partial charge in [0.25, 0.3) is 11.8 Å². The van der Waals surface area contributed by atoms with Crippen molar-refractivity contribution in [3.8, 4) is 5.75 Å². The van der Waals surface area contributed by atoms with Gasteiger partial charge in [-0.1, -0.05) is 30.9 Å². The molecule has 0 radical (unpaired) electrons. The molecule has 0 aliphatic heterocycles. The molecule has 136 valence electrons. The van der Waals surface area contributed by atoms with Gasteiger partial charge >= 0.3 is 0 Å². The Morgan fingerprint density at radius 1 is 1.04 bits per heavy atom. The largest absolute Gasteiger partial charge is 0.489 e. The minimum absolute atomic E-state index is 0.159. The molecule has 2 rings (SSSR count). The van der Waals surface area contributed by atoms with Crippen molar-refractivity contribution in [1.29, 1.82) is 0 Å². The van der Waals surface area contributed by atoms with Gasteiger partial charge in [-0.15, -0.1) is 0 Å². The third-order valence-electron chi connectivity index (χ3n) is 3.56. The zero-order valence-corrected chi connectivity index (χ0v) is 14.7. The number of nitrogens with one attached hydrogen (secondary N) is 3. The molecule has 2 amide bonds. The highest BCUT2D eigenvalue weighted by atomic mass is 16.5. The lowest BCUT2D eigenvalue weighted by Crippen LogP contribution is -2.36. The first kappa shape index (κ1) is 19.2. The van der Waals surface area contributed by atoms with Crippen molar-refractivity contribution in [2.75, 3.05) is 13.2 Å². The van der Waals surface area contributed by atoms with Crippen LogP contribution in [-0.4, -0.2) is 25.0 Å². The van der Waals surface area contributed by atoms with Crippen LogP contribution in [0.4, 0.5) is 0 Å². The van der Waals surface area contributed by atoms with Crippen molar-refractivity contribution >= 4 is 11.8 Å². The molecule has 3 N–H and O–H groups in total. The molecule has 0 unspecified atom stereocenters. The van der Waals surface area contributed by atoms with Crippen LogP contribution in [0.2, 0.25) is 0 Å². The summed E-state index contributed by atoms with van der Waals surface area (Å²) in [6.45, 7) is 6.87. The Hall–Kier alpha value is -3.12. The predicted molar refractivity (Wildman–Crippen MR) is 101 cm³/mol. The smallest absolute Gasteiger partial charge is 0.265 e. The van der Waals surface area contributed by atoms with Crippen molar-refractivity contribution in [3.05, 3.63) is 77.9 Å². The van der Waals surface area contributed by atoms with Crippen LogP contribution in [0.15, 0.2) is 61.2 Å². The van der Waals surface area contributed by atoms with E-state index in [9.17, 15) is 9.59 Å². The van der Waals surface area contributed by atoms with Crippen molar-refractivity contribution in [2.45, 2.75) is 13.5 Å². The molecule has 2 aromatic carbocycles. The number of benzene rings is 2. The molecular formula is C20H23N3O3. The third kappa shape index (κ3) is 5.46. The van der Waals surface area contributed by atoms with Crippen molar-refractivity contribution < 1.29 is 14.3 Å². The normalized spacial score (nSPS) is 10.0. The first-order valence-corrected chi connectivity index (χ1v) is 8.38. The number of rotatable bonds is 9. The molecule has 0 aromatic heterocycles. The van der Waals surface area contributed by atoms with E-state index in [-0.39, 0.29) is 11.8 Å². The monoisotopic (exact) mass is 353 g/mol. The fourth-order valence-corrected chi connectivity index (χ4v) is 2.27. The van der Waals surface area contributed by atoms with Gasteiger partial charge in [-0.05, 0) is 37.3 Å². The Morgan fingerprint density at radius 2 is 1.69 bits per heavy atom. The number of carbonyl (C=O) groups is 2. The summed E-state index contributed by atoms with van der Waals surface area (Å²) < 4.78 is 5.58. The van der Waals surface area contributed by atoms with E-state index in [2.05, 4.69) is 22.7 Å². The van der Waals surface area contributed by atoms with E-state index in [1.807, 2.05) is 31.2 Å². The molecule has 0 saturated heterocycles. The molecule has 0 fully saturated rings. The number of ether oxygens (including phenoxy) is 1. The predicted octanol–water partition coefficient (Wildman–Crippen LogP) is 2.44. The molecule has 6 heteroatoms. The van der Waals surface area contributed by atoms with Crippen LogP contribution in [0, 0.1) is 0 Å². The molecule has 0 bridgehead atoms. The Kier molecular flexibility index (Phi) is 7.39. The second-order valence-corrected chi connectivity index (χ2v) is 5.45. The number of carbonyl (C=O) groups excluding carboxylic acids is 2. The Labute approximate surface area is 153 Å². The van der Waals surface area contributed by atoms with E-state index in [4.69, 9.17) is 4.74 Å². The molecule has 0 atom stereocenters. The van der Waals surface area contributed by atoms with Gasteiger partial charge in [0.05, 0.1) is 0 Å². The number of amides is 2. The van der Waals surface area contributed by atoms with Crippen LogP contribution in [-0.2, 0) is 6.54 Å². The first-order valence-electron chi connectivity index (χ1n) is 8.38. The Bertz CT molecular complexity index is 757. The average Bonchev–Trinajstić information content (AvgIpc) is 2.67. The fraction of sp³-hybridized carbons (Fsp3) is 0.200. The molecular weight excluding hydrogens is 330 g/mol. The number of para-hydroxylation sites is 1. The molecule has 6 nitrogen and oxygen atoms in total. The molecule has 0 aliphatic rings. The summed E-state index contributed by atoms with van der Waals surface area (Å²) in [7, 11) is 0. The zero-order chi connectivity index (χ0) is 18.8. The molecule has 26 heavy (non-hydrogen) atoms. The van der Waals surface area contributed by atoms with Gasteiger partial charge in [0.15, 0.2) is 0 Å². The maximum Gasteiger partial charge on any atom is 0.265 e. The summed E-state index contributed by atoms with van der Waals surface area (Å²) in [5, 5.41) is 2.71. The topological polar surface area (TPSA) is 79.5 Å². The van der Waals surface area contributed by atoms with Crippen molar-refractivity contribution in [1.82, 2.24) is 16.2 Å². The maximum atomic E-state index is 12.2. The average molecular weight is 353 g/mol. The first-order chi connectivity index (χ1) is 12.7. The summed E-state index contributed by atoms with van der Waals surface area (Å²) >= 11 is 0. The summed E-state index contributed by atoms with van der Waals surface area (Å²) in [6, 6.07) is 14.0. The second kappa shape index (κ2) is 10.0. The number of hydrogen-bond acceptors (Lipinski definition) is 4. The van der Waals surface area contributed by atoms with Crippen LogP contribution < -0.4 is 20.9 Å². The van der Waals surface area contributed by atoms with Crippen LogP contribution in [0.1, 0.15) is 33.2 Å². The SMILES string of the molecule is C=CCOc1ccccc1CNNC(=O)c1ccc(C(=O)NCC)cc1. The van der Waals surface area contributed by atoms with Gasteiger partial charge in [0.2, 0.25) is 0 Å². The highest BCUT2D eigenvalue weighted by Crippen LogP contribution is 2.17. The lowest BCUT2D eigenvalue weighted by atomic mass is 10.1. The van der Waals surface area contributed by atoms with E-state index >= 15 is 0 Å². The van der Waals surface area contributed by atoms with Gasteiger partial charge in [0, 0.05) is 29.8 Å². The Balaban J connectivity index is 1.89. The molecule has 0 aliphatic carbocycles. The van der Waals surface area contributed by atoms with Crippen LogP contribution >= 0.6 is 0 Å². The van der Waals surface area contributed by atoms with Gasteiger partial charge in [-0.2, -0.15) is 0 Å². The molecule has 0 saturated carbocycles. The van der Waals surface area contributed by atoms with Gasteiger partial charge in [-0.25, -0.2) is 5.43 Å². The Morgan fingerprint density at radius 3 is 2.35 bits per heavy atom. The summed E-state index contributed by atoms with van der Waals surface area (Å²) in [4.78, 5) is 23.9. The highest BCUT2D eigenvalue weighted by Gasteiger charge is 2.08. The minimum atomic E-state index is -0.281. The standard InChI is InChI=1S/C20H23N3O3/c1-3-13-26-18-8-6-5-7-17(18)14-22-23-20(25)16-11-9-15(10-12-16)19(24)21-4-2/h3,5-12,22H,1,4,13-14H2,2H3,(H,21,24)(H,23,25). The van der Waals surface area contributed by atoms with Crippen LogP contribution in [0.3, 0.4) is 0 Å². The van der Waals surface area contributed by atoms with Crippen LogP contribution in [0.5, 0.6) is 5.75 Å². The van der Waals surface area contributed by atoms with E-state index in [1.165, 1.54) is 0 Å². The maximum absolute atomic E-state index is 12.2. The molecule has 0 heterocycles.